The van der Waals surface area contributed by atoms with Crippen LogP contribution in [0.1, 0.15) is 0 Å². The highest BCUT2D eigenvalue weighted by Crippen LogP contribution is 2.29. The molecule has 1 aliphatic heterocycles. The van der Waals surface area contributed by atoms with Crippen LogP contribution in [-0.2, 0) is 0 Å². The Hall–Kier alpha value is -2.80. The lowest BCUT2D eigenvalue weighted by Gasteiger charge is -2.34. The molecule has 2 amide bonds. The first-order chi connectivity index (χ1) is 12.7. The summed E-state index contributed by atoms with van der Waals surface area (Å²) in [5, 5.41) is 3.96. The third-order valence-corrected chi connectivity index (χ3v) is 5.54. The molecular formula is C19H20N4O2S. The fraction of sp³-hybridized carbons (Fsp3) is 0.263. The number of ether oxygens (including phenoxy) is 1. The summed E-state index contributed by atoms with van der Waals surface area (Å²) in [7, 11) is 1.61. The number of para-hydroxylation sites is 1. The molecule has 7 heteroatoms. The Labute approximate surface area is 156 Å². The highest BCUT2D eigenvalue weighted by molar-refractivity contribution is 7.22. The monoisotopic (exact) mass is 368 g/mol. The van der Waals surface area contributed by atoms with Crippen molar-refractivity contribution in [2.45, 2.75) is 0 Å². The van der Waals surface area contributed by atoms with Crippen molar-refractivity contribution < 1.29 is 9.53 Å². The highest BCUT2D eigenvalue weighted by Gasteiger charge is 2.23. The van der Waals surface area contributed by atoms with Crippen LogP contribution in [0.5, 0.6) is 5.75 Å². The van der Waals surface area contributed by atoms with Gasteiger partial charge in [0, 0.05) is 37.9 Å². The molecule has 0 radical (unpaired) electrons. The van der Waals surface area contributed by atoms with Crippen LogP contribution in [0, 0.1) is 0 Å². The van der Waals surface area contributed by atoms with Crippen molar-refractivity contribution >= 4 is 38.4 Å². The van der Waals surface area contributed by atoms with Crippen LogP contribution in [0.3, 0.4) is 0 Å². The van der Waals surface area contributed by atoms with E-state index in [1.165, 1.54) is 4.70 Å². The van der Waals surface area contributed by atoms with Gasteiger partial charge in [-0.15, -0.1) is 0 Å². The molecule has 0 aliphatic carbocycles. The van der Waals surface area contributed by atoms with E-state index in [1.54, 1.807) is 18.4 Å². The van der Waals surface area contributed by atoms with E-state index in [-0.39, 0.29) is 6.03 Å². The molecule has 4 rings (SSSR count). The van der Waals surface area contributed by atoms with E-state index in [2.05, 4.69) is 16.3 Å². The first kappa shape index (κ1) is 16.7. The number of amides is 2. The number of nitrogens with one attached hydrogen (secondary N) is 1. The SMILES string of the molecule is COc1cccc(NC(=O)N2CCN(c3nc4ccccc4s3)CC2)c1. The van der Waals surface area contributed by atoms with E-state index in [9.17, 15) is 4.79 Å². The number of urea groups is 1. The second-order valence-electron chi connectivity index (χ2n) is 6.10. The number of anilines is 2. The summed E-state index contributed by atoms with van der Waals surface area (Å²) in [6, 6.07) is 15.5. The number of fused-ring (bicyclic) bond motifs is 1. The topological polar surface area (TPSA) is 57.7 Å². The largest absolute Gasteiger partial charge is 0.497 e. The summed E-state index contributed by atoms with van der Waals surface area (Å²) in [4.78, 5) is 21.3. The maximum atomic E-state index is 12.5. The van der Waals surface area contributed by atoms with Gasteiger partial charge in [0.1, 0.15) is 5.75 Å². The van der Waals surface area contributed by atoms with Gasteiger partial charge in [0.25, 0.3) is 0 Å². The van der Waals surface area contributed by atoms with Gasteiger partial charge < -0.3 is 19.9 Å². The molecule has 2 aromatic carbocycles. The van der Waals surface area contributed by atoms with Gasteiger partial charge in [-0.3, -0.25) is 0 Å². The lowest BCUT2D eigenvalue weighted by atomic mass is 10.3. The van der Waals surface area contributed by atoms with E-state index in [4.69, 9.17) is 9.72 Å². The minimum absolute atomic E-state index is 0.0813. The number of carbonyl (C=O) groups excluding carboxylic acids is 1. The van der Waals surface area contributed by atoms with Crippen molar-refractivity contribution in [3.8, 4) is 5.75 Å². The van der Waals surface area contributed by atoms with Gasteiger partial charge in [0.05, 0.1) is 17.3 Å². The molecule has 26 heavy (non-hydrogen) atoms. The number of methoxy groups -OCH3 is 1. The van der Waals surface area contributed by atoms with Gasteiger partial charge >= 0.3 is 6.03 Å². The lowest BCUT2D eigenvalue weighted by molar-refractivity contribution is 0.208. The molecule has 2 heterocycles. The zero-order valence-corrected chi connectivity index (χ0v) is 15.3. The molecule has 6 nitrogen and oxygen atoms in total. The second-order valence-corrected chi connectivity index (χ2v) is 7.11. The summed E-state index contributed by atoms with van der Waals surface area (Å²) in [6.45, 7) is 2.91. The standard InChI is InChI=1S/C19H20N4O2S/c1-25-15-6-4-5-14(13-15)20-18(24)22-9-11-23(12-10-22)19-21-16-7-2-3-8-17(16)26-19/h2-8,13H,9-12H2,1H3,(H,20,24). The molecule has 0 bridgehead atoms. The molecule has 0 spiro atoms. The van der Waals surface area contributed by atoms with Crippen LogP contribution >= 0.6 is 11.3 Å². The predicted molar refractivity (Wildman–Crippen MR) is 105 cm³/mol. The number of benzene rings is 2. The normalized spacial score (nSPS) is 14.5. The van der Waals surface area contributed by atoms with Gasteiger partial charge in [0.2, 0.25) is 0 Å². The maximum absolute atomic E-state index is 12.5. The third-order valence-electron chi connectivity index (χ3n) is 4.44. The molecular weight excluding hydrogens is 348 g/mol. The molecule has 1 fully saturated rings. The Balaban J connectivity index is 1.37. The average molecular weight is 368 g/mol. The van der Waals surface area contributed by atoms with Crippen molar-refractivity contribution in [1.82, 2.24) is 9.88 Å². The van der Waals surface area contributed by atoms with Gasteiger partial charge in [-0.05, 0) is 24.3 Å². The van der Waals surface area contributed by atoms with Crippen molar-refractivity contribution in [1.29, 1.82) is 0 Å². The molecule has 1 saturated heterocycles. The van der Waals surface area contributed by atoms with Gasteiger partial charge in [-0.1, -0.05) is 29.5 Å². The number of rotatable bonds is 3. The minimum atomic E-state index is -0.0813. The highest BCUT2D eigenvalue weighted by atomic mass is 32.1. The van der Waals surface area contributed by atoms with Gasteiger partial charge in [-0.2, -0.15) is 0 Å². The van der Waals surface area contributed by atoms with E-state index in [0.717, 1.165) is 35.2 Å². The molecule has 134 valence electrons. The van der Waals surface area contributed by atoms with Crippen LogP contribution in [-0.4, -0.2) is 49.2 Å². The minimum Gasteiger partial charge on any atom is -0.497 e. The van der Waals surface area contributed by atoms with Crippen LogP contribution in [0.4, 0.5) is 15.6 Å². The van der Waals surface area contributed by atoms with Crippen molar-refractivity contribution in [2.24, 2.45) is 0 Å². The van der Waals surface area contributed by atoms with E-state index in [1.807, 2.05) is 47.4 Å². The number of aromatic nitrogens is 1. The summed E-state index contributed by atoms with van der Waals surface area (Å²) in [5.41, 5.74) is 1.77. The molecule has 1 aromatic heterocycles. The van der Waals surface area contributed by atoms with E-state index in [0.29, 0.717) is 13.1 Å². The molecule has 1 aliphatic rings. The van der Waals surface area contributed by atoms with Crippen LogP contribution in [0.15, 0.2) is 48.5 Å². The third kappa shape index (κ3) is 3.43. The summed E-state index contributed by atoms with van der Waals surface area (Å²) in [6.07, 6.45) is 0. The molecule has 0 saturated carbocycles. The number of nitrogens with zero attached hydrogens (tertiary/aromatic N) is 3. The van der Waals surface area contributed by atoms with Crippen molar-refractivity contribution in [3.63, 3.8) is 0 Å². The van der Waals surface area contributed by atoms with Crippen LogP contribution in [0.2, 0.25) is 0 Å². The first-order valence-electron chi connectivity index (χ1n) is 8.53. The fourth-order valence-corrected chi connectivity index (χ4v) is 4.02. The fourth-order valence-electron chi connectivity index (χ4n) is 3.00. The first-order valence-corrected chi connectivity index (χ1v) is 9.35. The quantitative estimate of drug-likeness (QED) is 0.767. The molecule has 0 atom stereocenters. The number of carbonyl (C=O) groups is 1. The molecule has 3 aromatic rings. The summed E-state index contributed by atoms with van der Waals surface area (Å²) < 4.78 is 6.39. The van der Waals surface area contributed by atoms with Crippen molar-refractivity contribution in [3.05, 3.63) is 48.5 Å². The van der Waals surface area contributed by atoms with E-state index < -0.39 is 0 Å². The summed E-state index contributed by atoms with van der Waals surface area (Å²) >= 11 is 1.70. The Morgan fingerprint density at radius 1 is 1.12 bits per heavy atom. The van der Waals surface area contributed by atoms with Crippen LogP contribution in [0.25, 0.3) is 10.2 Å². The second kappa shape index (κ2) is 7.21. The maximum Gasteiger partial charge on any atom is 0.321 e. The number of hydrogen-bond acceptors (Lipinski definition) is 5. The van der Waals surface area contributed by atoms with Gasteiger partial charge in [0.15, 0.2) is 5.13 Å². The van der Waals surface area contributed by atoms with Gasteiger partial charge in [-0.25, -0.2) is 9.78 Å². The number of piperazine rings is 1. The zero-order chi connectivity index (χ0) is 17.9. The van der Waals surface area contributed by atoms with Crippen molar-refractivity contribution in [2.75, 3.05) is 43.5 Å². The number of thiazole rings is 1. The smallest absolute Gasteiger partial charge is 0.321 e. The molecule has 0 unspecified atom stereocenters. The zero-order valence-electron chi connectivity index (χ0n) is 14.5. The predicted octanol–water partition coefficient (Wildman–Crippen LogP) is 3.66. The Bertz CT molecular complexity index is 886. The Morgan fingerprint density at radius 2 is 1.92 bits per heavy atom. The number of hydrogen-bond donors (Lipinski definition) is 1. The van der Waals surface area contributed by atoms with Crippen LogP contribution < -0.4 is 15.0 Å². The average Bonchev–Trinajstić information content (AvgIpc) is 3.12. The Kier molecular flexibility index (Phi) is 4.62. The Morgan fingerprint density at radius 3 is 2.69 bits per heavy atom. The summed E-state index contributed by atoms with van der Waals surface area (Å²) in [5.74, 6) is 0.725. The molecule has 1 N–H and O–H groups in total. The van der Waals surface area contributed by atoms with E-state index >= 15 is 0 Å². The lowest BCUT2D eigenvalue weighted by Crippen LogP contribution is -2.50.